The number of halogens is 3. The van der Waals surface area contributed by atoms with Crippen molar-refractivity contribution in [2.24, 2.45) is 0 Å². The zero-order valence-corrected chi connectivity index (χ0v) is 12.6. The number of rotatable bonds is 4. The van der Waals surface area contributed by atoms with Crippen molar-refractivity contribution in [1.82, 2.24) is 0 Å². The van der Waals surface area contributed by atoms with Crippen molar-refractivity contribution in [2.45, 2.75) is 23.6 Å². The average Bonchev–Trinajstić information content (AvgIpc) is 2.45. The average molecular weight is 353 g/mol. The highest BCUT2D eigenvalue weighted by molar-refractivity contribution is 7.85. The molecule has 0 aliphatic carbocycles. The highest BCUT2D eigenvalue weighted by atomic mass is 32.2. The van der Waals surface area contributed by atoms with Crippen LogP contribution < -0.4 is 5.32 Å². The molecule has 1 aromatic rings. The van der Waals surface area contributed by atoms with Crippen molar-refractivity contribution in [3.05, 3.63) is 28.8 Å². The minimum absolute atomic E-state index is 0.0578. The lowest BCUT2D eigenvalue weighted by Crippen LogP contribution is -2.89. The summed E-state index contributed by atoms with van der Waals surface area (Å²) >= 11 is 0. The van der Waals surface area contributed by atoms with Crippen molar-refractivity contribution < 1.29 is 41.0 Å². The largest absolute Gasteiger partial charge is 0.744 e. The summed E-state index contributed by atoms with van der Waals surface area (Å²) < 4.78 is 79.1. The van der Waals surface area contributed by atoms with Crippen LogP contribution in [0.25, 0.3) is 0 Å². The van der Waals surface area contributed by atoms with Crippen LogP contribution in [0.5, 0.6) is 0 Å². The van der Waals surface area contributed by atoms with Crippen LogP contribution in [0.15, 0.2) is 17.0 Å². The van der Waals surface area contributed by atoms with E-state index in [0.717, 1.165) is 0 Å². The summed E-state index contributed by atoms with van der Waals surface area (Å²) in [6.07, 6.45) is -5.88. The van der Waals surface area contributed by atoms with Crippen molar-refractivity contribution in [1.29, 1.82) is 0 Å². The molecule has 2 N–H and O–H groups in total. The Balaban J connectivity index is 2.63. The summed E-state index contributed by atoms with van der Waals surface area (Å²) in [5.41, 5.74) is -2.54. The standard InChI is InChI=1S/C13H14F3NO5S/c14-13(15,16)11-2-1-8(7-18)12(23(19,20)21)10(11)5-9-6-17-3-4-22-9/h1-2,7,9,17H,3-6H2,(H,19,20,21). The summed E-state index contributed by atoms with van der Waals surface area (Å²) in [6.45, 7) is 1.28. The topological polar surface area (TPSA) is 100 Å². The lowest BCUT2D eigenvalue weighted by Gasteiger charge is -2.25. The smallest absolute Gasteiger partial charge is 0.416 e. The Kier molecular flexibility index (Phi) is 5.09. The van der Waals surface area contributed by atoms with E-state index in [1.165, 1.54) is 0 Å². The van der Waals surface area contributed by atoms with Crippen molar-refractivity contribution >= 4 is 16.4 Å². The SMILES string of the molecule is O=Cc1ccc(C(F)(F)F)c(CC2C[NH2+]CCO2)c1S(=O)(=O)[O-]. The molecule has 0 spiro atoms. The molecular formula is C13H14F3NO5S. The van der Waals surface area contributed by atoms with Gasteiger partial charge in [0.25, 0.3) is 0 Å². The summed E-state index contributed by atoms with van der Waals surface area (Å²) in [6, 6.07) is 1.30. The molecule has 0 aromatic heterocycles. The summed E-state index contributed by atoms with van der Waals surface area (Å²) in [7, 11) is -5.26. The number of nitrogens with two attached hydrogens (primary N) is 1. The van der Waals surface area contributed by atoms with E-state index in [9.17, 15) is 30.9 Å². The van der Waals surface area contributed by atoms with Crippen LogP contribution in [0.4, 0.5) is 13.2 Å². The van der Waals surface area contributed by atoms with E-state index in [1.54, 1.807) is 0 Å². The quantitative estimate of drug-likeness (QED) is 0.603. The van der Waals surface area contributed by atoms with Crippen LogP contribution in [0.1, 0.15) is 21.5 Å². The normalized spacial score (nSPS) is 19.6. The molecule has 0 saturated carbocycles. The molecule has 1 fully saturated rings. The Morgan fingerprint density at radius 1 is 1.39 bits per heavy atom. The van der Waals surface area contributed by atoms with Gasteiger partial charge in [0, 0.05) is 12.0 Å². The van der Waals surface area contributed by atoms with Crippen LogP contribution in [0, 0.1) is 0 Å². The molecule has 6 nitrogen and oxygen atoms in total. The van der Waals surface area contributed by atoms with Crippen LogP contribution in [0.3, 0.4) is 0 Å². The molecule has 0 bridgehead atoms. The van der Waals surface area contributed by atoms with E-state index < -0.39 is 50.4 Å². The van der Waals surface area contributed by atoms with Gasteiger partial charge in [-0.15, -0.1) is 0 Å². The Hall–Kier alpha value is -1.49. The number of carbonyl (C=O) groups is 1. The number of quaternary nitrogens is 1. The molecule has 1 heterocycles. The molecule has 0 amide bonds. The molecule has 10 heteroatoms. The summed E-state index contributed by atoms with van der Waals surface area (Å²) in [5, 5.41) is 1.82. The number of hydrogen-bond donors (Lipinski definition) is 1. The van der Waals surface area contributed by atoms with E-state index >= 15 is 0 Å². The third kappa shape index (κ3) is 4.08. The van der Waals surface area contributed by atoms with E-state index in [1.807, 2.05) is 5.32 Å². The third-order valence-electron chi connectivity index (χ3n) is 3.51. The van der Waals surface area contributed by atoms with Gasteiger partial charge in [-0.05, 0) is 17.7 Å². The van der Waals surface area contributed by atoms with Gasteiger partial charge < -0.3 is 14.6 Å². The van der Waals surface area contributed by atoms with E-state index in [0.29, 0.717) is 31.8 Å². The predicted molar refractivity (Wildman–Crippen MR) is 69.9 cm³/mol. The van der Waals surface area contributed by atoms with Gasteiger partial charge in [0.2, 0.25) is 0 Å². The van der Waals surface area contributed by atoms with Gasteiger partial charge in [-0.1, -0.05) is 0 Å². The van der Waals surface area contributed by atoms with Crippen LogP contribution in [0.2, 0.25) is 0 Å². The molecule has 1 aliphatic heterocycles. The second-order valence-electron chi connectivity index (χ2n) is 5.09. The van der Waals surface area contributed by atoms with Gasteiger partial charge in [0.15, 0.2) is 6.29 Å². The molecule has 1 atom stereocenters. The first kappa shape index (κ1) is 17.9. The highest BCUT2D eigenvalue weighted by Gasteiger charge is 2.37. The van der Waals surface area contributed by atoms with Gasteiger partial charge in [-0.25, -0.2) is 8.42 Å². The molecule has 23 heavy (non-hydrogen) atoms. The lowest BCUT2D eigenvalue weighted by atomic mass is 9.98. The number of benzene rings is 1. The number of alkyl halides is 3. The van der Waals surface area contributed by atoms with Gasteiger partial charge in [0.05, 0.1) is 23.6 Å². The molecule has 128 valence electrons. The molecule has 0 radical (unpaired) electrons. The minimum Gasteiger partial charge on any atom is -0.744 e. The first-order chi connectivity index (χ1) is 10.6. The fourth-order valence-corrected chi connectivity index (χ4v) is 3.46. The first-order valence-electron chi connectivity index (χ1n) is 6.72. The zero-order valence-electron chi connectivity index (χ0n) is 11.8. The maximum atomic E-state index is 13.2. The highest BCUT2D eigenvalue weighted by Crippen LogP contribution is 2.36. The predicted octanol–water partition coefficient (Wildman–Crippen LogP) is -0.0733. The summed E-state index contributed by atoms with van der Waals surface area (Å²) in [4.78, 5) is 9.84. The molecule has 1 aromatic carbocycles. The van der Waals surface area contributed by atoms with Crippen molar-refractivity contribution in [3.8, 4) is 0 Å². The van der Waals surface area contributed by atoms with Crippen molar-refractivity contribution in [2.75, 3.05) is 19.7 Å². The second kappa shape index (κ2) is 6.56. The molecule has 1 unspecified atom stereocenters. The molecule has 2 rings (SSSR count). The monoisotopic (exact) mass is 353 g/mol. The Morgan fingerprint density at radius 3 is 2.57 bits per heavy atom. The van der Waals surface area contributed by atoms with Gasteiger partial charge >= 0.3 is 6.18 Å². The van der Waals surface area contributed by atoms with Gasteiger partial charge in [-0.3, -0.25) is 4.79 Å². The third-order valence-corrected chi connectivity index (χ3v) is 4.49. The fraction of sp³-hybridized carbons (Fsp3) is 0.462. The van der Waals surface area contributed by atoms with E-state index in [-0.39, 0.29) is 6.29 Å². The van der Waals surface area contributed by atoms with Crippen LogP contribution >= 0.6 is 0 Å². The number of carbonyl (C=O) groups excluding carboxylic acids is 1. The number of ether oxygens (including phenoxy) is 1. The van der Waals surface area contributed by atoms with Crippen LogP contribution in [-0.2, 0) is 27.5 Å². The number of morpholine rings is 1. The van der Waals surface area contributed by atoms with Crippen molar-refractivity contribution in [3.63, 3.8) is 0 Å². The van der Waals surface area contributed by atoms with E-state index in [2.05, 4.69) is 0 Å². The number of hydrogen-bond acceptors (Lipinski definition) is 5. The lowest BCUT2D eigenvalue weighted by molar-refractivity contribution is -0.677. The Bertz CT molecular complexity index is 696. The maximum absolute atomic E-state index is 13.2. The number of aldehydes is 1. The fourth-order valence-electron chi connectivity index (χ4n) is 2.56. The van der Waals surface area contributed by atoms with Gasteiger partial charge in [0.1, 0.15) is 22.8 Å². The Labute approximate surface area is 130 Å². The van der Waals surface area contributed by atoms with E-state index in [4.69, 9.17) is 4.74 Å². The molecule has 1 aliphatic rings. The second-order valence-corrected chi connectivity index (χ2v) is 6.41. The summed E-state index contributed by atoms with van der Waals surface area (Å²) in [5.74, 6) is 0. The maximum Gasteiger partial charge on any atom is 0.416 e. The Morgan fingerprint density at radius 2 is 2.09 bits per heavy atom. The minimum atomic E-state index is -5.26. The first-order valence-corrected chi connectivity index (χ1v) is 8.13. The molecular weight excluding hydrogens is 339 g/mol. The zero-order chi connectivity index (χ0) is 17.3. The van der Waals surface area contributed by atoms with Crippen LogP contribution in [-0.4, -0.2) is 45.1 Å². The van der Waals surface area contributed by atoms with Gasteiger partial charge in [-0.2, -0.15) is 13.2 Å². The molecule has 1 saturated heterocycles.